The van der Waals surface area contributed by atoms with Gasteiger partial charge in [-0.15, -0.1) is 0 Å². The number of halogens is 1. The molecule has 3 aromatic carbocycles. The van der Waals surface area contributed by atoms with Crippen molar-refractivity contribution in [3.63, 3.8) is 0 Å². The highest BCUT2D eigenvalue weighted by Crippen LogP contribution is 2.33. The SMILES string of the molecule is CNCC(=O)N1C(C)CCN(C(Cc2cccc3ccccc23)C(N)=O)C(=O)C1c1cccc(Cl)c1. The van der Waals surface area contributed by atoms with E-state index >= 15 is 0 Å². The number of nitrogens with two attached hydrogens (primary N) is 1. The first-order chi connectivity index (χ1) is 17.3. The highest BCUT2D eigenvalue weighted by Gasteiger charge is 2.42. The smallest absolute Gasteiger partial charge is 0.250 e. The summed E-state index contributed by atoms with van der Waals surface area (Å²) in [5.74, 6) is -1.12. The van der Waals surface area contributed by atoms with Crippen LogP contribution in [0.15, 0.2) is 66.7 Å². The topological polar surface area (TPSA) is 95.7 Å². The summed E-state index contributed by atoms with van der Waals surface area (Å²) in [6.45, 7) is 2.31. The molecular weight excluding hydrogens is 476 g/mol. The minimum Gasteiger partial charge on any atom is -0.368 e. The molecule has 1 saturated heterocycles. The Morgan fingerprint density at radius 1 is 1.11 bits per heavy atom. The second-order valence-electron chi connectivity index (χ2n) is 9.22. The molecule has 3 N–H and O–H groups in total. The second kappa shape index (κ2) is 11.1. The number of hydrogen-bond donors (Lipinski definition) is 2. The molecule has 1 aliphatic heterocycles. The van der Waals surface area contributed by atoms with Crippen LogP contribution in [0.1, 0.15) is 30.5 Å². The average molecular weight is 507 g/mol. The fourth-order valence-electron chi connectivity index (χ4n) is 5.07. The molecule has 3 atom stereocenters. The molecule has 3 amide bonds. The summed E-state index contributed by atoms with van der Waals surface area (Å²) in [5, 5.41) is 5.42. The highest BCUT2D eigenvalue weighted by molar-refractivity contribution is 6.30. The number of likely N-dealkylation sites (N-methyl/N-ethyl adjacent to an activating group) is 1. The lowest BCUT2D eigenvalue weighted by Crippen LogP contribution is -2.52. The van der Waals surface area contributed by atoms with Gasteiger partial charge in [0.15, 0.2) is 0 Å². The molecule has 1 heterocycles. The maximum atomic E-state index is 14.2. The number of primary amides is 1. The van der Waals surface area contributed by atoms with Crippen LogP contribution in [0.25, 0.3) is 10.8 Å². The van der Waals surface area contributed by atoms with E-state index in [1.54, 1.807) is 41.1 Å². The molecule has 1 aliphatic rings. The van der Waals surface area contributed by atoms with Gasteiger partial charge in [0.25, 0.3) is 5.91 Å². The van der Waals surface area contributed by atoms with Gasteiger partial charge < -0.3 is 20.9 Å². The minimum absolute atomic E-state index is 0.0872. The Morgan fingerprint density at radius 2 is 1.83 bits per heavy atom. The molecule has 1 fully saturated rings. The predicted molar refractivity (Wildman–Crippen MR) is 141 cm³/mol. The van der Waals surface area contributed by atoms with E-state index < -0.39 is 18.0 Å². The zero-order valence-corrected chi connectivity index (χ0v) is 21.2. The molecule has 0 aromatic heterocycles. The van der Waals surface area contributed by atoms with E-state index in [0.717, 1.165) is 16.3 Å². The van der Waals surface area contributed by atoms with E-state index in [9.17, 15) is 14.4 Å². The molecule has 8 heteroatoms. The van der Waals surface area contributed by atoms with Crippen LogP contribution in [0, 0.1) is 0 Å². The van der Waals surface area contributed by atoms with Gasteiger partial charge in [-0.25, -0.2) is 0 Å². The number of amides is 3. The Hall–Kier alpha value is -3.42. The molecule has 7 nitrogen and oxygen atoms in total. The van der Waals surface area contributed by atoms with Crippen LogP contribution < -0.4 is 11.1 Å². The normalized spacial score (nSPS) is 19.2. The number of rotatable bonds is 7. The van der Waals surface area contributed by atoms with E-state index in [1.165, 1.54) is 0 Å². The van der Waals surface area contributed by atoms with Crippen LogP contribution in [0.2, 0.25) is 5.02 Å². The average Bonchev–Trinajstić information content (AvgIpc) is 2.98. The van der Waals surface area contributed by atoms with Crippen LogP contribution in [0.4, 0.5) is 0 Å². The first-order valence-electron chi connectivity index (χ1n) is 12.1. The summed E-state index contributed by atoms with van der Waals surface area (Å²) < 4.78 is 0. The van der Waals surface area contributed by atoms with Crippen molar-refractivity contribution in [1.29, 1.82) is 0 Å². The lowest BCUT2D eigenvalue weighted by Gasteiger charge is -2.36. The van der Waals surface area contributed by atoms with Crippen molar-refractivity contribution in [2.24, 2.45) is 5.73 Å². The van der Waals surface area contributed by atoms with Crippen molar-refractivity contribution in [2.75, 3.05) is 20.1 Å². The lowest BCUT2D eigenvalue weighted by molar-refractivity contribution is -0.148. The molecule has 4 rings (SSSR count). The molecule has 3 aromatic rings. The summed E-state index contributed by atoms with van der Waals surface area (Å²) in [4.78, 5) is 43.4. The largest absolute Gasteiger partial charge is 0.368 e. The predicted octanol–water partition coefficient (Wildman–Crippen LogP) is 3.30. The van der Waals surface area contributed by atoms with Crippen LogP contribution in [0.5, 0.6) is 0 Å². The first kappa shape index (κ1) is 25.7. The number of carbonyl (C=O) groups excluding carboxylic acids is 3. The van der Waals surface area contributed by atoms with Gasteiger partial charge in [-0.2, -0.15) is 0 Å². The van der Waals surface area contributed by atoms with Crippen LogP contribution in [-0.4, -0.2) is 59.7 Å². The van der Waals surface area contributed by atoms with Crippen molar-refractivity contribution in [2.45, 2.75) is 37.9 Å². The van der Waals surface area contributed by atoms with Gasteiger partial charge in [0.1, 0.15) is 12.1 Å². The third kappa shape index (κ3) is 5.22. The number of benzene rings is 3. The Labute approximate surface area is 216 Å². The maximum absolute atomic E-state index is 14.2. The Kier molecular flexibility index (Phi) is 7.91. The van der Waals surface area contributed by atoms with Crippen LogP contribution in [0.3, 0.4) is 0 Å². The van der Waals surface area contributed by atoms with Crippen molar-refractivity contribution in [3.05, 3.63) is 82.9 Å². The van der Waals surface area contributed by atoms with Crippen molar-refractivity contribution in [1.82, 2.24) is 15.1 Å². The third-order valence-corrected chi connectivity index (χ3v) is 7.07. The summed E-state index contributed by atoms with van der Waals surface area (Å²) in [5.41, 5.74) is 7.45. The molecule has 0 aliphatic carbocycles. The number of carbonyl (C=O) groups is 3. The van der Waals surface area contributed by atoms with Gasteiger partial charge in [0.05, 0.1) is 6.54 Å². The van der Waals surface area contributed by atoms with Crippen LogP contribution >= 0.6 is 11.6 Å². The van der Waals surface area contributed by atoms with Gasteiger partial charge in [0.2, 0.25) is 11.8 Å². The minimum atomic E-state index is -0.920. The van der Waals surface area contributed by atoms with E-state index in [1.807, 2.05) is 49.4 Å². The molecule has 3 unspecified atom stereocenters. The molecule has 188 valence electrons. The zero-order chi connectivity index (χ0) is 25.8. The Balaban J connectivity index is 1.77. The molecule has 0 spiro atoms. The van der Waals surface area contributed by atoms with E-state index in [0.29, 0.717) is 23.6 Å². The van der Waals surface area contributed by atoms with E-state index in [-0.39, 0.29) is 30.8 Å². The van der Waals surface area contributed by atoms with Crippen molar-refractivity contribution < 1.29 is 14.4 Å². The summed E-state index contributed by atoms with van der Waals surface area (Å²) in [6.07, 6.45) is 0.793. The van der Waals surface area contributed by atoms with Gasteiger partial charge in [-0.05, 0) is 54.4 Å². The molecule has 0 bridgehead atoms. The Bertz CT molecular complexity index is 1280. The zero-order valence-electron chi connectivity index (χ0n) is 20.5. The Morgan fingerprint density at radius 3 is 2.56 bits per heavy atom. The molecule has 0 radical (unpaired) electrons. The fourth-order valence-corrected chi connectivity index (χ4v) is 5.27. The van der Waals surface area contributed by atoms with Crippen LogP contribution in [-0.2, 0) is 20.8 Å². The van der Waals surface area contributed by atoms with Crippen molar-refractivity contribution >= 4 is 40.1 Å². The highest BCUT2D eigenvalue weighted by atomic mass is 35.5. The lowest BCUT2D eigenvalue weighted by atomic mass is 9.96. The van der Waals surface area contributed by atoms with E-state index in [2.05, 4.69) is 5.32 Å². The second-order valence-corrected chi connectivity index (χ2v) is 9.66. The molecule has 36 heavy (non-hydrogen) atoms. The van der Waals surface area contributed by atoms with Gasteiger partial charge in [0, 0.05) is 24.0 Å². The summed E-state index contributed by atoms with van der Waals surface area (Å²) in [7, 11) is 1.69. The third-order valence-electron chi connectivity index (χ3n) is 6.84. The van der Waals surface area contributed by atoms with Gasteiger partial charge in [-0.1, -0.05) is 66.2 Å². The van der Waals surface area contributed by atoms with Gasteiger partial charge in [-0.3, -0.25) is 14.4 Å². The molecule has 0 saturated carbocycles. The maximum Gasteiger partial charge on any atom is 0.250 e. The quantitative estimate of drug-likeness (QED) is 0.514. The monoisotopic (exact) mass is 506 g/mol. The summed E-state index contributed by atoms with van der Waals surface area (Å²) >= 11 is 6.27. The fraction of sp³-hybridized carbons (Fsp3) is 0.321. The number of fused-ring (bicyclic) bond motifs is 1. The number of nitrogens with zero attached hydrogens (tertiary/aromatic N) is 2. The first-order valence-corrected chi connectivity index (χ1v) is 12.5. The summed E-state index contributed by atoms with van der Waals surface area (Å²) in [6, 6.07) is 18.8. The van der Waals surface area contributed by atoms with Gasteiger partial charge >= 0.3 is 0 Å². The standard InChI is InChI=1S/C28H31ClN4O3/c1-18-13-14-32(24(27(30)35)16-20-9-5-8-19-7-3-4-12-23(19)20)28(36)26(33(18)25(34)17-31-2)21-10-6-11-22(29)15-21/h3-12,15,18,24,26,31H,13-14,16-17H2,1-2H3,(H2,30,35). The van der Waals surface area contributed by atoms with Crippen molar-refractivity contribution in [3.8, 4) is 0 Å². The number of hydrogen-bond acceptors (Lipinski definition) is 4. The van der Waals surface area contributed by atoms with E-state index in [4.69, 9.17) is 17.3 Å². The number of nitrogens with one attached hydrogen (secondary N) is 1. The molecular formula is C28H31ClN4O3.